The number of anilines is 1. The van der Waals surface area contributed by atoms with Crippen molar-refractivity contribution < 1.29 is 9.47 Å². The van der Waals surface area contributed by atoms with Crippen LogP contribution in [0.25, 0.3) is 11.3 Å². The van der Waals surface area contributed by atoms with E-state index in [9.17, 15) is 10.5 Å². The Morgan fingerprint density at radius 3 is 2.53 bits per heavy atom. The number of hydrogen-bond donors (Lipinski definition) is 1. The molecular weight excluding hydrogens is 424 g/mol. The minimum atomic E-state index is 0.283. The first-order valence-electron chi connectivity index (χ1n) is 9.94. The van der Waals surface area contributed by atoms with Gasteiger partial charge < -0.3 is 14.8 Å². The summed E-state index contributed by atoms with van der Waals surface area (Å²) in [7, 11) is 1.60. The van der Waals surface area contributed by atoms with Gasteiger partial charge >= 0.3 is 0 Å². The Morgan fingerprint density at radius 2 is 1.91 bits per heavy atom. The molecular formula is C23H22N6O2S. The van der Waals surface area contributed by atoms with Gasteiger partial charge in [0.05, 0.1) is 29.8 Å². The van der Waals surface area contributed by atoms with Crippen LogP contribution in [0.3, 0.4) is 0 Å². The lowest BCUT2D eigenvalue weighted by Gasteiger charge is -2.15. The third-order valence-corrected chi connectivity index (χ3v) is 5.37. The van der Waals surface area contributed by atoms with Crippen molar-refractivity contribution in [3.05, 3.63) is 59.5 Å². The first-order valence-corrected chi connectivity index (χ1v) is 10.9. The molecule has 0 aliphatic heterocycles. The molecule has 0 bridgehead atoms. The number of pyridine rings is 3. The molecule has 162 valence electrons. The van der Waals surface area contributed by atoms with E-state index in [2.05, 4.69) is 32.4 Å². The van der Waals surface area contributed by atoms with Crippen molar-refractivity contribution in [2.24, 2.45) is 0 Å². The van der Waals surface area contributed by atoms with Crippen LogP contribution in [-0.2, 0) is 10.5 Å². The second-order valence-electron chi connectivity index (χ2n) is 6.47. The number of nitrogens with one attached hydrogen (secondary N) is 1. The summed E-state index contributed by atoms with van der Waals surface area (Å²) in [4.78, 5) is 13.4. The number of thioether (sulfide) groups is 1. The van der Waals surface area contributed by atoms with Crippen LogP contribution in [0.5, 0.6) is 5.75 Å². The van der Waals surface area contributed by atoms with Crippen LogP contribution in [0.1, 0.15) is 23.7 Å². The lowest BCUT2D eigenvalue weighted by molar-refractivity contribution is 0.146. The fourth-order valence-electron chi connectivity index (χ4n) is 2.91. The number of hydrogen-bond acceptors (Lipinski definition) is 9. The monoisotopic (exact) mass is 446 g/mol. The van der Waals surface area contributed by atoms with Crippen LogP contribution in [0.2, 0.25) is 0 Å². The molecule has 0 fully saturated rings. The Labute approximate surface area is 191 Å². The molecule has 0 amide bonds. The minimum Gasteiger partial charge on any atom is -0.490 e. The van der Waals surface area contributed by atoms with Gasteiger partial charge in [0, 0.05) is 31.2 Å². The van der Waals surface area contributed by atoms with Crippen molar-refractivity contribution in [3.8, 4) is 29.1 Å². The molecule has 0 unspecified atom stereocenters. The smallest absolute Gasteiger partial charge is 0.146 e. The molecule has 3 heterocycles. The van der Waals surface area contributed by atoms with Crippen molar-refractivity contribution in [1.29, 1.82) is 10.5 Å². The van der Waals surface area contributed by atoms with E-state index < -0.39 is 0 Å². The molecule has 0 aliphatic carbocycles. The Bertz CT molecular complexity index is 1120. The van der Waals surface area contributed by atoms with Gasteiger partial charge in [0.25, 0.3) is 0 Å². The Balaban J connectivity index is 2.03. The molecule has 3 aromatic rings. The van der Waals surface area contributed by atoms with Gasteiger partial charge in [0.15, 0.2) is 0 Å². The minimum absolute atomic E-state index is 0.283. The standard InChI is InChI=1S/C23H22N6O2S/c1-3-26-22-18(12-24)21(20-8-7-17(14-28-20)31-11-10-30-2)19(13-25)23(29-22)32-15-16-6-4-5-9-27-16/h4-9,14H,3,10-11,15H2,1-2H3,(H,26,29). The third-order valence-electron chi connectivity index (χ3n) is 4.36. The molecule has 9 heteroatoms. The Kier molecular flexibility index (Phi) is 8.38. The van der Waals surface area contributed by atoms with E-state index in [-0.39, 0.29) is 5.56 Å². The van der Waals surface area contributed by atoms with Crippen molar-refractivity contribution >= 4 is 17.6 Å². The maximum atomic E-state index is 9.98. The average molecular weight is 447 g/mol. The van der Waals surface area contributed by atoms with Gasteiger partial charge in [-0.05, 0) is 31.2 Å². The Hall–Kier alpha value is -3.66. The van der Waals surface area contributed by atoms with Gasteiger partial charge in [-0.15, -0.1) is 0 Å². The summed E-state index contributed by atoms with van der Waals surface area (Å²) >= 11 is 1.40. The van der Waals surface area contributed by atoms with Gasteiger partial charge in [-0.25, -0.2) is 4.98 Å². The van der Waals surface area contributed by atoms with Crippen LogP contribution in [0.4, 0.5) is 5.82 Å². The molecule has 0 atom stereocenters. The number of ether oxygens (including phenoxy) is 2. The summed E-state index contributed by atoms with van der Waals surface area (Å²) in [5, 5.41) is 23.5. The summed E-state index contributed by atoms with van der Waals surface area (Å²) < 4.78 is 10.6. The highest BCUT2D eigenvalue weighted by Gasteiger charge is 2.22. The number of methoxy groups -OCH3 is 1. The highest BCUT2D eigenvalue weighted by molar-refractivity contribution is 7.98. The lowest BCUT2D eigenvalue weighted by Crippen LogP contribution is -2.08. The molecule has 0 saturated heterocycles. The SMILES string of the molecule is CCNc1nc(SCc2ccccn2)c(C#N)c(-c2ccc(OCCOC)cn2)c1C#N. The Morgan fingerprint density at radius 1 is 1.06 bits per heavy atom. The van der Waals surface area contributed by atoms with Crippen LogP contribution in [-0.4, -0.2) is 41.8 Å². The van der Waals surface area contributed by atoms with Crippen LogP contribution < -0.4 is 10.1 Å². The third kappa shape index (κ3) is 5.52. The molecule has 0 aliphatic rings. The number of nitriles is 2. The van der Waals surface area contributed by atoms with Crippen molar-refractivity contribution in [2.75, 3.05) is 32.2 Å². The largest absolute Gasteiger partial charge is 0.490 e. The summed E-state index contributed by atoms with van der Waals surface area (Å²) in [6.45, 7) is 3.37. The van der Waals surface area contributed by atoms with E-state index in [0.29, 0.717) is 58.9 Å². The van der Waals surface area contributed by atoms with Gasteiger partial charge in [-0.3, -0.25) is 9.97 Å². The first kappa shape index (κ1) is 23.0. The maximum Gasteiger partial charge on any atom is 0.146 e. The number of nitrogens with zero attached hydrogens (tertiary/aromatic N) is 5. The predicted molar refractivity (Wildman–Crippen MR) is 122 cm³/mol. The normalized spacial score (nSPS) is 10.2. The zero-order valence-electron chi connectivity index (χ0n) is 17.8. The average Bonchev–Trinajstić information content (AvgIpc) is 2.83. The zero-order chi connectivity index (χ0) is 22.8. The molecule has 0 radical (unpaired) electrons. The highest BCUT2D eigenvalue weighted by atomic mass is 32.2. The van der Waals surface area contributed by atoms with E-state index >= 15 is 0 Å². The molecule has 3 rings (SSSR count). The molecule has 3 aromatic heterocycles. The van der Waals surface area contributed by atoms with Gasteiger partial charge in [-0.2, -0.15) is 10.5 Å². The van der Waals surface area contributed by atoms with Crippen LogP contribution in [0, 0.1) is 22.7 Å². The predicted octanol–water partition coefficient (Wildman–Crippen LogP) is 4.03. The fourth-order valence-corrected chi connectivity index (χ4v) is 3.82. The fraction of sp³-hybridized carbons (Fsp3) is 0.261. The summed E-state index contributed by atoms with van der Waals surface area (Å²) in [6.07, 6.45) is 3.30. The van der Waals surface area contributed by atoms with Crippen molar-refractivity contribution in [1.82, 2.24) is 15.0 Å². The highest BCUT2D eigenvalue weighted by Crippen LogP contribution is 2.36. The molecule has 1 N–H and O–H groups in total. The molecule has 0 saturated carbocycles. The van der Waals surface area contributed by atoms with Crippen molar-refractivity contribution in [2.45, 2.75) is 17.7 Å². The molecule has 0 aromatic carbocycles. The first-order chi connectivity index (χ1) is 15.7. The second kappa shape index (κ2) is 11.7. The van der Waals surface area contributed by atoms with Gasteiger partial charge in [-0.1, -0.05) is 17.8 Å². The van der Waals surface area contributed by atoms with Crippen LogP contribution >= 0.6 is 11.8 Å². The second-order valence-corrected chi connectivity index (χ2v) is 7.44. The number of aromatic nitrogens is 3. The quantitative estimate of drug-likeness (QED) is 0.364. The van der Waals surface area contributed by atoms with E-state index in [1.807, 2.05) is 25.1 Å². The zero-order valence-corrected chi connectivity index (χ0v) is 18.6. The van der Waals surface area contributed by atoms with E-state index in [0.717, 1.165) is 5.69 Å². The lowest BCUT2D eigenvalue weighted by atomic mass is 10.0. The molecule has 0 spiro atoms. The number of rotatable bonds is 10. The molecule has 32 heavy (non-hydrogen) atoms. The van der Waals surface area contributed by atoms with E-state index in [1.54, 1.807) is 31.6 Å². The van der Waals surface area contributed by atoms with E-state index in [1.165, 1.54) is 11.8 Å². The molecule has 8 nitrogen and oxygen atoms in total. The van der Waals surface area contributed by atoms with Crippen LogP contribution in [0.15, 0.2) is 47.8 Å². The van der Waals surface area contributed by atoms with Crippen molar-refractivity contribution in [3.63, 3.8) is 0 Å². The van der Waals surface area contributed by atoms with E-state index in [4.69, 9.17) is 9.47 Å². The van der Waals surface area contributed by atoms with Gasteiger partial charge in [0.2, 0.25) is 0 Å². The maximum absolute atomic E-state index is 9.98. The summed E-state index contributed by atoms with van der Waals surface area (Å²) in [6, 6.07) is 13.6. The summed E-state index contributed by atoms with van der Waals surface area (Å²) in [5.41, 5.74) is 2.41. The summed E-state index contributed by atoms with van der Waals surface area (Å²) in [5.74, 6) is 1.54. The van der Waals surface area contributed by atoms with Gasteiger partial charge in [0.1, 0.15) is 40.9 Å². The topological polar surface area (TPSA) is 117 Å².